The van der Waals surface area contributed by atoms with E-state index < -0.39 is 40.7 Å². The van der Waals surface area contributed by atoms with Gasteiger partial charge < -0.3 is 0 Å². The summed E-state index contributed by atoms with van der Waals surface area (Å²) in [7, 11) is -11.3. The molecule has 0 spiro atoms. The van der Waals surface area contributed by atoms with Crippen molar-refractivity contribution in [1.82, 2.24) is 4.31 Å². The lowest BCUT2D eigenvalue weighted by atomic mass is 10.2. The number of hydrogen-bond donors (Lipinski definition) is 0. The van der Waals surface area contributed by atoms with Crippen molar-refractivity contribution >= 4 is 29.7 Å². The fourth-order valence-electron chi connectivity index (χ4n) is 3.45. The van der Waals surface area contributed by atoms with Crippen molar-refractivity contribution in [3.8, 4) is 0 Å². The van der Waals surface area contributed by atoms with Crippen molar-refractivity contribution in [3.05, 3.63) is 60.2 Å². The molecule has 0 N–H and O–H groups in total. The number of rotatable bonds is 7. The third-order valence-corrected chi connectivity index (χ3v) is 11.3. The average Bonchev–Trinajstić information content (AvgIpc) is 3.07. The molecular formula is C20H25NO6S3. The van der Waals surface area contributed by atoms with Gasteiger partial charge >= 0.3 is 0 Å². The Labute approximate surface area is 178 Å². The molecule has 0 aromatic heterocycles. The fourth-order valence-corrected chi connectivity index (χ4v) is 9.60. The molecule has 1 aliphatic rings. The number of benzene rings is 2. The monoisotopic (exact) mass is 471 g/mol. The lowest BCUT2D eigenvalue weighted by Gasteiger charge is -2.26. The summed E-state index contributed by atoms with van der Waals surface area (Å²) in [5, 5.41) is -1.05. The number of nitrogens with zero attached hydrogens (tertiary/aromatic N) is 1. The third kappa shape index (κ3) is 4.77. The third-order valence-electron chi connectivity index (χ3n) is 5.13. The molecule has 7 nitrogen and oxygen atoms in total. The standard InChI is InChI=1S/C20H25NO6S3/c1-16(2)21(14-17-7-4-3-5-8-17)30(26,27)19-10-6-9-18(13-19)29(24,25)20-11-12-28(22,23)15-20/h3-10,13,16,20H,11-12,14-15H2,1-2H3. The zero-order valence-electron chi connectivity index (χ0n) is 16.8. The lowest BCUT2D eigenvalue weighted by Crippen LogP contribution is -2.36. The van der Waals surface area contributed by atoms with Crippen LogP contribution in [-0.2, 0) is 36.2 Å². The molecule has 0 bridgehead atoms. The minimum Gasteiger partial charge on any atom is -0.229 e. The van der Waals surface area contributed by atoms with Gasteiger partial charge in [-0.1, -0.05) is 36.4 Å². The van der Waals surface area contributed by atoms with Crippen LogP contribution in [0.25, 0.3) is 0 Å². The highest BCUT2D eigenvalue weighted by molar-refractivity contribution is 7.96. The topological polar surface area (TPSA) is 106 Å². The van der Waals surface area contributed by atoms with Crippen LogP contribution in [0.1, 0.15) is 25.8 Å². The maximum Gasteiger partial charge on any atom is 0.243 e. The highest BCUT2D eigenvalue weighted by Gasteiger charge is 2.38. The molecular weight excluding hydrogens is 446 g/mol. The van der Waals surface area contributed by atoms with Gasteiger partial charge in [0.05, 0.1) is 26.5 Å². The van der Waals surface area contributed by atoms with Crippen LogP contribution >= 0.6 is 0 Å². The van der Waals surface area contributed by atoms with Crippen LogP contribution in [0.2, 0.25) is 0 Å². The van der Waals surface area contributed by atoms with Gasteiger partial charge in [-0.25, -0.2) is 25.3 Å². The van der Waals surface area contributed by atoms with Crippen molar-refractivity contribution < 1.29 is 25.3 Å². The van der Waals surface area contributed by atoms with Crippen molar-refractivity contribution in [3.63, 3.8) is 0 Å². The van der Waals surface area contributed by atoms with E-state index >= 15 is 0 Å². The van der Waals surface area contributed by atoms with Crippen LogP contribution in [0, 0.1) is 0 Å². The van der Waals surface area contributed by atoms with E-state index in [1.165, 1.54) is 22.5 Å². The Bertz CT molecular complexity index is 1220. The SMILES string of the molecule is CC(C)N(Cc1ccccc1)S(=O)(=O)c1cccc(S(=O)(=O)C2CCS(=O)(=O)C2)c1. The van der Waals surface area contributed by atoms with E-state index in [1.807, 2.05) is 30.3 Å². The molecule has 0 radical (unpaired) electrons. The van der Waals surface area contributed by atoms with Crippen LogP contribution in [0.4, 0.5) is 0 Å². The van der Waals surface area contributed by atoms with Crippen molar-refractivity contribution in [2.24, 2.45) is 0 Å². The molecule has 2 aromatic carbocycles. The maximum atomic E-state index is 13.3. The van der Waals surface area contributed by atoms with E-state index in [0.717, 1.165) is 11.6 Å². The maximum absolute atomic E-state index is 13.3. The van der Waals surface area contributed by atoms with Gasteiger partial charge in [-0.15, -0.1) is 0 Å². The van der Waals surface area contributed by atoms with Gasteiger partial charge in [-0.05, 0) is 44.0 Å². The van der Waals surface area contributed by atoms with E-state index in [1.54, 1.807) is 13.8 Å². The lowest BCUT2D eigenvalue weighted by molar-refractivity contribution is 0.348. The Morgan fingerprint density at radius 2 is 1.60 bits per heavy atom. The predicted octanol–water partition coefficient (Wildman–Crippen LogP) is 2.25. The summed E-state index contributed by atoms with van der Waals surface area (Å²) in [5.74, 6) is -0.606. The highest BCUT2D eigenvalue weighted by atomic mass is 32.2. The summed E-state index contributed by atoms with van der Waals surface area (Å²) in [6.45, 7) is 3.66. The Kier molecular flexibility index (Phi) is 6.43. The second-order valence-corrected chi connectivity index (χ2v) is 14.0. The molecule has 1 aliphatic heterocycles. The van der Waals surface area contributed by atoms with Gasteiger partial charge in [-0.3, -0.25) is 0 Å². The van der Waals surface area contributed by atoms with Gasteiger partial charge in [0.15, 0.2) is 19.7 Å². The first-order valence-corrected chi connectivity index (χ1v) is 14.3. The Balaban J connectivity index is 1.97. The average molecular weight is 472 g/mol. The normalized spacial score (nSPS) is 19.4. The molecule has 2 aromatic rings. The quantitative estimate of drug-likeness (QED) is 0.613. The second-order valence-electron chi connectivity index (χ2n) is 7.67. The molecule has 1 unspecified atom stereocenters. The largest absolute Gasteiger partial charge is 0.243 e. The first-order chi connectivity index (χ1) is 13.9. The van der Waals surface area contributed by atoms with E-state index in [4.69, 9.17) is 0 Å². The van der Waals surface area contributed by atoms with Gasteiger partial charge in [0, 0.05) is 12.6 Å². The van der Waals surface area contributed by atoms with Crippen molar-refractivity contribution in [2.45, 2.75) is 47.9 Å². The molecule has 30 heavy (non-hydrogen) atoms. The molecule has 0 amide bonds. The molecule has 0 aliphatic carbocycles. The molecule has 1 atom stereocenters. The number of sulfone groups is 2. The smallest absolute Gasteiger partial charge is 0.229 e. The zero-order chi connectivity index (χ0) is 22.2. The minimum atomic E-state index is -3.98. The fraction of sp³-hybridized carbons (Fsp3) is 0.400. The number of hydrogen-bond acceptors (Lipinski definition) is 6. The van der Waals surface area contributed by atoms with Gasteiger partial charge in [0.25, 0.3) is 0 Å². The van der Waals surface area contributed by atoms with Crippen LogP contribution in [0.3, 0.4) is 0 Å². The predicted molar refractivity (Wildman–Crippen MR) is 115 cm³/mol. The van der Waals surface area contributed by atoms with Crippen molar-refractivity contribution in [1.29, 1.82) is 0 Å². The minimum absolute atomic E-state index is 0.0216. The first kappa shape index (κ1) is 22.9. The summed E-state index contributed by atoms with van der Waals surface area (Å²) in [4.78, 5) is -0.303. The first-order valence-electron chi connectivity index (χ1n) is 9.54. The molecule has 164 valence electrons. The van der Waals surface area contributed by atoms with Gasteiger partial charge in [0.2, 0.25) is 10.0 Å². The summed E-state index contributed by atoms with van der Waals surface area (Å²) in [6, 6.07) is 14.0. The van der Waals surface area contributed by atoms with Crippen LogP contribution in [0.15, 0.2) is 64.4 Å². The summed E-state index contributed by atoms with van der Waals surface area (Å²) in [5.41, 5.74) is 0.815. The Hall–Kier alpha value is -1.75. The molecule has 1 fully saturated rings. The van der Waals surface area contributed by atoms with E-state index in [0.29, 0.717) is 0 Å². The van der Waals surface area contributed by atoms with E-state index in [2.05, 4.69) is 0 Å². The van der Waals surface area contributed by atoms with E-state index in [-0.39, 0.29) is 34.6 Å². The van der Waals surface area contributed by atoms with Gasteiger partial charge in [-0.2, -0.15) is 4.31 Å². The highest BCUT2D eigenvalue weighted by Crippen LogP contribution is 2.28. The van der Waals surface area contributed by atoms with Crippen LogP contribution in [-0.4, -0.2) is 52.4 Å². The molecule has 10 heteroatoms. The zero-order valence-corrected chi connectivity index (χ0v) is 19.3. The van der Waals surface area contributed by atoms with Gasteiger partial charge in [0.1, 0.15) is 0 Å². The summed E-state index contributed by atoms with van der Waals surface area (Å²) >= 11 is 0. The number of sulfonamides is 1. The summed E-state index contributed by atoms with van der Waals surface area (Å²) in [6.07, 6.45) is 0.0216. The molecule has 1 heterocycles. The molecule has 1 saturated heterocycles. The molecule has 0 saturated carbocycles. The van der Waals surface area contributed by atoms with Crippen LogP contribution in [0.5, 0.6) is 0 Å². The van der Waals surface area contributed by atoms with E-state index in [9.17, 15) is 25.3 Å². The summed E-state index contributed by atoms with van der Waals surface area (Å²) < 4.78 is 77.2. The van der Waals surface area contributed by atoms with Crippen LogP contribution < -0.4 is 0 Å². The second kappa shape index (κ2) is 8.41. The Morgan fingerprint density at radius 1 is 0.967 bits per heavy atom. The molecule has 3 rings (SSSR count). The van der Waals surface area contributed by atoms with Crippen molar-refractivity contribution in [2.75, 3.05) is 11.5 Å². The Morgan fingerprint density at radius 3 is 2.17 bits per heavy atom.